The summed E-state index contributed by atoms with van der Waals surface area (Å²) in [6.45, 7) is 3.00. The van der Waals surface area contributed by atoms with Crippen molar-refractivity contribution in [2.45, 2.75) is 50.2 Å². The molecule has 1 aromatic rings. The summed E-state index contributed by atoms with van der Waals surface area (Å²) in [5.41, 5.74) is -1.63. The minimum atomic E-state index is -1.63. The Bertz CT molecular complexity index is 543. The maximum Gasteiger partial charge on any atom is 0.346 e. The van der Waals surface area contributed by atoms with Crippen molar-refractivity contribution in [1.82, 2.24) is 4.90 Å². The lowest BCUT2D eigenvalue weighted by Crippen LogP contribution is -2.54. The Morgan fingerprint density at radius 1 is 1.26 bits per heavy atom. The van der Waals surface area contributed by atoms with E-state index in [0.29, 0.717) is 11.7 Å². The summed E-state index contributed by atoms with van der Waals surface area (Å²) in [6, 6.07) is 3.41. The van der Waals surface area contributed by atoms with E-state index in [1.54, 1.807) is 12.1 Å². The van der Waals surface area contributed by atoms with Gasteiger partial charge in [-0.15, -0.1) is 0 Å². The fourth-order valence-electron chi connectivity index (χ4n) is 4.58. The lowest BCUT2D eigenvalue weighted by molar-refractivity contribution is -0.190. The van der Waals surface area contributed by atoms with Gasteiger partial charge in [0, 0.05) is 12.5 Å². The average Bonchev–Trinajstić information content (AvgIpc) is 3.29. The Hall–Kier alpha value is -1.33. The van der Waals surface area contributed by atoms with Gasteiger partial charge in [-0.3, -0.25) is 4.90 Å². The minimum Gasteiger partial charge on any atom is -0.466 e. The molecule has 3 aliphatic heterocycles. The van der Waals surface area contributed by atoms with Crippen LogP contribution in [0.15, 0.2) is 22.8 Å². The third kappa shape index (κ3) is 2.60. The minimum absolute atomic E-state index is 0.0899. The lowest BCUT2D eigenvalue weighted by Gasteiger charge is -2.44. The van der Waals surface area contributed by atoms with Crippen LogP contribution in [0.1, 0.15) is 44.3 Å². The molecule has 5 heteroatoms. The smallest absolute Gasteiger partial charge is 0.346 e. The van der Waals surface area contributed by atoms with Crippen LogP contribution in [0.4, 0.5) is 0 Å². The second-order valence-corrected chi connectivity index (χ2v) is 7.31. The van der Waals surface area contributed by atoms with Crippen LogP contribution in [0, 0.1) is 11.8 Å². The molecule has 0 radical (unpaired) electrons. The first-order valence-corrected chi connectivity index (χ1v) is 8.87. The van der Waals surface area contributed by atoms with Crippen LogP contribution >= 0.6 is 0 Å². The van der Waals surface area contributed by atoms with Crippen molar-refractivity contribution in [2.24, 2.45) is 11.8 Å². The molecule has 5 rings (SSSR count). The van der Waals surface area contributed by atoms with Crippen LogP contribution in [0.2, 0.25) is 0 Å². The molecule has 126 valence electrons. The van der Waals surface area contributed by atoms with Crippen molar-refractivity contribution in [3.63, 3.8) is 0 Å². The highest BCUT2D eigenvalue weighted by atomic mass is 16.6. The molecule has 4 heterocycles. The number of fused-ring (bicyclic) bond motifs is 3. The summed E-state index contributed by atoms with van der Waals surface area (Å²) < 4.78 is 11.3. The van der Waals surface area contributed by atoms with Crippen molar-refractivity contribution in [1.29, 1.82) is 0 Å². The van der Waals surface area contributed by atoms with E-state index in [2.05, 4.69) is 4.90 Å². The number of nitrogens with zero attached hydrogens (tertiary/aromatic N) is 1. The van der Waals surface area contributed by atoms with Gasteiger partial charge in [-0.1, -0.05) is 12.8 Å². The molecule has 3 saturated heterocycles. The number of carbonyl (C=O) groups excluding carboxylic acids is 1. The Labute approximate surface area is 136 Å². The molecule has 0 spiro atoms. The topological polar surface area (TPSA) is 62.9 Å². The highest BCUT2D eigenvalue weighted by Crippen LogP contribution is 2.42. The molecule has 1 N–H and O–H groups in total. The fraction of sp³-hybridized carbons (Fsp3) is 0.722. The van der Waals surface area contributed by atoms with Gasteiger partial charge in [0.2, 0.25) is 5.60 Å². The third-order valence-corrected chi connectivity index (χ3v) is 6.01. The van der Waals surface area contributed by atoms with Gasteiger partial charge in [0.05, 0.1) is 6.26 Å². The molecule has 5 nitrogen and oxygen atoms in total. The van der Waals surface area contributed by atoms with E-state index >= 15 is 0 Å². The molecule has 4 fully saturated rings. The third-order valence-electron chi connectivity index (χ3n) is 6.01. The Kier molecular flexibility index (Phi) is 3.93. The van der Waals surface area contributed by atoms with Gasteiger partial charge in [0.15, 0.2) is 0 Å². The predicted octanol–water partition coefficient (Wildman–Crippen LogP) is 2.29. The Balaban J connectivity index is 1.55. The van der Waals surface area contributed by atoms with Gasteiger partial charge >= 0.3 is 5.97 Å². The van der Waals surface area contributed by atoms with E-state index < -0.39 is 11.6 Å². The summed E-state index contributed by atoms with van der Waals surface area (Å²) in [6.07, 6.45) is 7.35. The highest BCUT2D eigenvalue weighted by Gasteiger charge is 2.51. The van der Waals surface area contributed by atoms with E-state index in [1.165, 1.54) is 6.26 Å². The van der Waals surface area contributed by atoms with Crippen LogP contribution in [-0.4, -0.2) is 41.7 Å². The van der Waals surface area contributed by atoms with Gasteiger partial charge in [-0.05, 0) is 56.8 Å². The van der Waals surface area contributed by atoms with E-state index in [0.717, 1.165) is 58.2 Å². The van der Waals surface area contributed by atoms with Crippen LogP contribution in [0.25, 0.3) is 0 Å². The monoisotopic (exact) mass is 319 g/mol. The molecule has 0 aromatic carbocycles. The summed E-state index contributed by atoms with van der Waals surface area (Å²) in [5, 5.41) is 11.3. The standard InChI is InChI=1S/C18H25NO4/c20-17(23-15-12-19-9-7-13(15)8-10-19)18(21,14-4-1-2-5-14)16-6-3-11-22-16/h3,6,11,13-15,21H,1-2,4-5,7-10,12H2/t15?,18-/m1/s1. The van der Waals surface area contributed by atoms with Crippen LogP contribution in [0.5, 0.6) is 0 Å². The number of esters is 1. The van der Waals surface area contributed by atoms with E-state index in [1.807, 2.05) is 0 Å². The second-order valence-electron chi connectivity index (χ2n) is 7.31. The summed E-state index contributed by atoms with van der Waals surface area (Å²) in [4.78, 5) is 15.3. The molecule has 2 atom stereocenters. The van der Waals surface area contributed by atoms with Crippen molar-refractivity contribution < 1.29 is 19.1 Å². The van der Waals surface area contributed by atoms with Crippen LogP contribution < -0.4 is 0 Å². The number of hydrogen-bond donors (Lipinski definition) is 1. The maximum absolute atomic E-state index is 12.9. The number of aliphatic hydroxyl groups is 1. The number of ether oxygens (including phenoxy) is 1. The normalized spacial score (nSPS) is 33.5. The molecule has 4 aliphatic rings. The molecular formula is C18H25NO4. The molecule has 2 bridgehead atoms. The van der Waals surface area contributed by atoms with Gasteiger partial charge < -0.3 is 14.3 Å². The maximum atomic E-state index is 12.9. The molecule has 0 amide bonds. The van der Waals surface area contributed by atoms with Crippen molar-refractivity contribution in [2.75, 3.05) is 19.6 Å². The van der Waals surface area contributed by atoms with E-state index in [4.69, 9.17) is 9.15 Å². The fourth-order valence-corrected chi connectivity index (χ4v) is 4.58. The highest BCUT2D eigenvalue weighted by molar-refractivity contribution is 5.81. The number of rotatable bonds is 4. The van der Waals surface area contributed by atoms with Gasteiger partial charge in [-0.2, -0.15) is 0 Å². The molecule has 1 aromatic heterocycles. The van der Waals surface area contributed by atoms with Crippen LogP contribution in [-0.2, 0) is 15.1 Å². The molecule has 1 saturated carbocycles. The van der Waals surface area contributed by atoms with E-state index in [-0.39, 0.29) is 12.0 Å². The molecular weight excluding hydrogens is 294 g/mol. The van der Waals surface area contributed by atoms with Crippen LogP contribution in [0.3, 0.4) is 0 Å². The second kappa shape index (κ2) is 5.95. The zero-order valence-electron chi connectivity index (χ0n) is 13.4. The van der Waals surface area contributed by atoms with Gasteiger partial charge in [0.25, 0.3) is 0 Å². The van der Waals surface area contributed by atoms with Gasteiger partial charge in [-0.25, -0.2) is 4.79 Å². The summed E-state index contributed by atoms with van der Waals surface area (Å²) in [7, 11) is 0. The van der Waals surface area contributed by atoms with Gasteiger partial charge in [0.1, 0.15) is 11.9 Å². The number of piperidine rings is 3. The molecule has 23 heavy (non-hydrogen) atoms. The van der Waals surface area contributed by atoms with Crippen molar-refractivity contribution in [3.8, 4) is 0 Å². The SMILES string of the molecule is O=C(OC1CN2CCC1CC2)[C@](O)(c1ccco1)C1CCCC1. The number of carbonyl (C=O) groups is 1. The zero-order valence-corrected chi connectivity index (χ0v) is 13.4. The summed E-state index contributed by atoms with van der Waals surface area (Å²) >= 11 is 0. The molecule has 1 aliphatic carbocycles. The number of furan rings is 1. The first kappa shape index (κ1) is 15.2. The van der Waals surface area contributed by atoms with Crippen molar-refractivity contribution >= 4 is 5.97 Å². The Morgan fingerprint density at radius 2 is 2.00 bits per heavy atom. The average molecular weight is 319 g/mol. The first-order chi connectivity index (χ1) is 11.2. The lowest BCUT2D eigenvalue weighted by atomic mass is 9.82. The zero-order chi connectivity index (χ0) is 15.9. The first-order valence-electron chi connectivity index (χ1n) is 8.87. The summed E-state index contributed by atoms with van der Waals surface area (Å²) in [5.74, 6) is 0.143. The predicted molar refractivity (Wildman–Crippen MR) is 83.6 cm³/mol. The largest absolute Gasteiger partial charge is 0.466 e. The number of hydrogen-bond acceptors (Lipinski definition) is 5. The van der Waals surface area contributed by atoms with Crippen molar-refractivity contribution in [3.05, 3.63) is 24.2 Å². The van der Waals surface area contributed by atoms with E-state index in [9.17, 15) is 9.90 Å². The Morgan fingerprint density at radius 3 is 2.57 bits per heavy atom. The molecule has 1 unspecified atom stereocenters. The quantitative estimate of drug-likeness (QED) is 0.863.